The average Bonchev–Trinajstić information content (AvgIpc) is 3.14. The number of nitrogens with zero attached hydrogens (tertiary/aromatic N) is 2. The zero-order valence-electron chi connectivity index (χ0n) is 16.0. The molecule has 2 heterocycles. The first-order valence-corrected chi connectivity index (χ1v) is 9.11. The van der Waals surface area contributed by atoms with Gasteiger partial charge in [-0.25, -0.2) is 4.98 Å². The molecule has 0 aliphatic heterocycles. The van der Waals surface area contributed by atoms with Gasteiger partial charge >= 0.3 is 0 Å². The lowest BCUT2D eigenvalue weighted by molar-refractivity contribution is 0.102. The van der Waals surface area contributed by atoms with Gasteiger partial charge in [0.15, 0.2) is 5.82 Å². The van der Waals surface area contributed by atoms with Gasteiger partial charge in [-0.15, -0.1) is 0 Å². The van der Waals surface area contributed by atoms with Gasteiger partial charge in [-0.05, 0) is 49.7 Å². The smallest absolute Gasteiger partial charge is 0.261 e. The molecule has 2 aromatic heterocycles. The van der Waals surface area contributed by atoms with Crippen LogP contribution in [0.25, 0.3) is 22.6 Å². The first-order valence-electron chi connectivity index (χ1n) is 9.11. The zero-order chi connectivity index (χ0) is 20.4. The highest BCUT2D eigenvalue weighted by molar-refractivity contribution is 6.04. The van der Waals surface area contributed by atoms with Crippen LogP contribution in [0.5, 0.6) is 0 Å². The number of benzene rings is 2. The molecular weight excluding hydrogens is 366 g/mol. The van der Waals surface area contributed by atoms with E-state index in [9.17, 15) is 9.59 Å². The lowest BCUT2D eigenvalue weighted by Crippen LogP contribution is -2.23. The van der Waals surface area contributed by atoms with Crippen molar-refractivity contribution in [2.24, 2.45) is 0 Å². The molecule has 0 atom stereocenters. The molecule has 3 N–H and O–H groups in total. The van der Waals surface area contributed by atoms with Crippen LogP contribution in [0.4, 0.5) is 5.69 Å². The van der Waals surface area contributed by atoms with Crippen molar-refractivity contribution in [3.8, 4) is 22.6 Å². The Bertz CT molecular complexity index is 1260. The summed E-state index contributed by atoms with van der Waals surface area (Å²) in [5.74, 6) is 0.763. The standard InChI is InChI=1S/C22H19N5O2/c1-13-5-3-6-15(11-13)19-10-9-18(22(29)25-19)21(28)24-17-8-4-7-16(12-17)20-23-14(2)26-27-20/h3-12H,1-2H3,(H,24,28)(H,25,29)(H,23,26,27). The van der Waals surface area contributed by atoms with Crippen LogP contribution in [0.15, 0.2) is 65.5 Å². The maximum absolute atomic E-state index is 12.6. The highest BCUT2D eigenvalue weighted by Gasteiger charge is 2.13. The van der Waals surface area contributed by atoms with Gasteiger partial charge in [0, 0.05) is 16.9 Å². The van der Waals surface area contributed by atoms with Gasteiger partial charge in [0.2, 0.25) is 0 Å². The Morgan fingerprint density at radius 1 is 0.966 bits per heavy atom. The van der Waals surface area contributed by atoms with E-state index < -0.39 is 11.5 Å². The minimum absolute atomic E-state index is 0.0422. The molecule has 7 nitrogen and oxygen atoms in total. The minimum Gasteiger partial charge on any atom is -0.322 e. The predicted molar refractivity (Wildman–Crippen MR) is 112 cm³/mol. The van der Waals surface area contributed by atoms with Crippen molar-refractivity contribution in [1.82, 2.24) is 20.2 Å². The van der Waals surface area contributed by atoms with E-state index in [-0.39, 0.29) is 5.56 Å². The third-order valence-corrected chi connectivity index (χ3v) is 4.46. The SMILES string of the molecule is Cc1cccc(-c2ccc(C(=O)Nc3cccc(-c4n[nH]c(C)n4)c3)c(=O)[nH]2)c1. The summed E-state index contributed by atoms with van der Waals surface area (Å²) in [7, 11) is 0. The summed E-state index contributed by atoms with van der Waals surface area (Å²) in [6.45, 7) is 3.80. The monoisotopic (exact) mass is 385 g/mol. The molecule has 29 heavy (non-hydrogen) atoms. The molecule has 1 amide bonds. The molecule has 0 saturated carbocycles. The number of carbonyl (C=O) groups excluding carboxylic acids is 1. The minimum atomic E-state index is -0.481. The molecule has 0 aliphatic rings. The van der Waals surface area contributed by atoms with E-state index in [1.54, 1.807) is 24.3 Å². The Morgan fingerprint density at radius 3 is 2.48 bits per heavy atom. The van der Waals surface area contributed by atoms with E-state index in [0.717, 1.165) is 16.7 Å². The normalized spacial score (nSPS) is 10.7. The molecule has 2 aromatic carbocycles. The first kappa shape index (κ1) is 18.4. The van der Waals surface area contributed by atoms with Crippen molar-refractivity contribution in [1.29, 1.82) is 0 Å². The number of aromatic amines is 2. The lowest BCUT2D eigenvalue weighted by Gasteiger charge is -2.07. The fourth-order valence-corrected chi connectivity index (χ4v) is 3.04. The topological polar surface area (TPSA) is 104 Å². The van der Waals surface area contributed by atoms with Crippen molar-refractivity contribution in [3.05, 3.63) is 88.0 Å². The summed E-state index contributed by atoms with van der Waals surface area (Å²) in [6.07, 6.45) is 0. The molecule has 0 unspecified atom stereocenters. The Kier molecular flexibility index (Phi) is 4.78. The predicted octanol–water partition coefficient (Wildman–Crippen LogP) is 3.70. The number of aryl methyl sites for hydroxylation is 2. The summed E-state index contributed by atoms with van der Waals surface area (Å²) in [6, 6.07) is 18.2. The van der Waals surface area contributed by atoms with E-state index in [4.69, 9.17) is 0 Å². The van der Waals surface area contributed by atoms with Gasteiger partial charge < -0.3 is 10.3 Å². The van der Waals surface area contributed by atoms with Crippen LogP contribution in [0.2, 0.25) is 0 Å². The second-order valence-electron chi connectivity index (χ2n) is 6.76. The maximum Gasteiger partial charge on any atom is 0.261 e. The largest absolute Gasteiger partial charge is 0.322 e. The van der Waals surface area contributed by atoms with Gasteiger partial charge in [0.05, 0.1) is 0 Å². The van der Waals surface area contributed by atoms with Crippen LogP contribution in [-0.4, -0.2) is 26.1 Å². The molecule has 0 radical (unpaired) electrons. The van der Waals surface area contributed by atoms with Crippen molar-refractivity contribution in [2.45, 2.75) is 13.8 Å². The highest BCUT2D eigenvalue weighted by atomic mass is 16.2. The first-order chi connectivity index (χ1) is 14.0. The number of anilines is 1. The fourth-order valence-electron chi connectivity index (χ4n) is 3.04. The lowest BCUT2D eigenvalue weighted by atomic mass is 10.1. The average molecular weight is 385 g/mol. The summed E-state index contributed by atoms with van der Waals surface area (Å²) in [5.41, 5.74) is 3.56. The van der Waals surface area contributed by atoms with E-state index in [1.807, 2.05) is 44.2 Å². The number of hydrogen-bond acceptors (Lipinski definition) is 4. The van der Waals surface area contributed by atoms with E-state index >= 15 is 0 Å². The van der Waals surface area contributed by atoms with E-state index in [0.29, 0.717) is 23.0 Å². The Labute approximate surface area is 166 Å². The molecule has 0 spiro atoms. The van der Waals surface area contributed by atoms with Crippen LogP contribution < -0.4 is 10.9 Å². The molecule has 0 saturated heterocycles. The zero-order valence-corrected chi connectivity index (χ0v) is 16.0. The Morgan fingerprint density at radius 2 is 1.76 bits per heavy atom. The van der Waals surface area contributed by atoms with Crippen LogP contribution in [-0.2, 0) is 0 Å². The molecule has 0 bridgehead atoms. The van der Waals surface area contributed by atoms with Gasteiger partial charge in [-0.1, -0.05) is 35.9 Å². The molecule has 0 fully saturated rings. The summed E-state index contributed by atoms with van der Waals surface area (Å²) in [5, 5.41) is 9.67. The summed E-state index contributed by atoms with van der Waals surface area (Å²) in [4.78, 5) is 32.2. The number of hydrogen-bond donors (Lipinski definition) is 3. The number of H-pyrrole nitrogens is 2. The van der Waals surface area contributed by atoms with Crippen molar-refractivity contribution >= 4 is 11.6 Å². The van der Waals surface area contributed by atoms with Crippen molar-refractivity contribution in [3.63, 3.8) is 0 Å². The molecule has 4 aromatic rings. The second-order valence-corrected chi connectivity index (χ2v) is 6.76. The van der Waals surface area contributed by atoms with E-state index in [1.165, 1.54) is 6.07 Å². The van der Waals surface area contributed by atoms with Gasteiger partial charge in [-0.2, -0.15) is 5.10 Å². The third kappa shape index (κ3) is 3.98. The van der Waals surface area contributed by atoms with Crippen LogP contribution >= 0.6 is 0 Å². The molecular formula is C22H19N5O2. The Hall–Kier alpha value is -4.00. The maximum atomic E-state index is 12.6. The quantitative estimate of drug-likeness (QED) is 0.498. The van der Waals surface area contributed by atoms with Crippen LogP contribution in [0.1, 0.15) is 21.7 Å². The Balaban J connectivity index is 1.57. The van der Waals surface area contributed by atoms with Crippen LogP contribution in [0.3, 0.4) is 0 Å². The molecule has 7 heteroatoms. The number of pyridine rings is 1. The van der Waals surface area contributed by atoms with Gasteiger partial charge in [0.25, 0.3) is 11.5 Å². The molecule has 4 rings (SSSR count). The molecule has 0 aliphatic carbocycles. The number of aromatic nitrogens is 4. The fraction of sp³-hybridized carbons (Fsp3) is 0.0909. The summed E-state index contributed by atoms with van der Waals surface area (Å²) >= 11 is 0. The van der Waals surface area contributed by atoms with E-state index in [2.05, 4.69) is 25.5 Å². The van der Waals surface area contributed by atoms with Crippen molar-refractivity contribution < 1.29 is 4.79 Å². The summed E-state index contributed by atoms with van der Waals surface area (Å²) < 4.78 is 0. The molecule has 144 valence electrons. The number of rotatable bonds is 4. The van der Waals surface area contributed by atoms with Gasteiger partial charge in [-0.3, -0.25) is 14.7 Å². The highest BCUT2D eigenvalue weighted by Crippen LogP contribution is 2.20. The number of amides is 1. The third-order valence-electron chi connectivity index (χ3n) is 4.46. The van der Waals surface area contributed by atoms with Crippen LogP contribution in [0, 0.1) is 13.8 Å². The van der Waals surface area contributed by atoms with Gasteiger partial charge in [0.1, 0.15) is 11.4 Å². The number of nitrogens with one attached hydrogen (secondary N) is 3. The second kappa shape index (κ2) is 7.55. The van der Waals surface area contributed by atoms with Crippen molar-refractivity contribution in [2.75, 3.05) is 5.32 Å². The number of carbonyl (C=O) groups is 1.